The number of hydrogen-bond donors (Lipinski definition) is 0. The van der Waals surface area contributed by atoms with Gasteiger partial charge < -0.3 is 13.7 Å². The average molecular weight is 502 g/mol. The molecular weight excluding hydrogens is 478 g/mol. The first-order chi connectivity index (χ1) is 19.3. The van der Waals surface area contributed by atoms with Gasteiger partial charge in [-0.05, 0) is 60.2 Å². The van der Waals surface area contributed by atoms with Crippen molar-refractivity contribution in [3.8, 4) is 11.1 Å². The Kier molecular flexibility index (Phi) is 4.82. The monoisotopic (exact) mass is 501 g/mol. The van der Waals surface area contributed by atoms with Crippen molar-refractivity contribution in [3.05, 3.63) is 140 Å². The molecule has 0 atom stereocenters. The van der Waals surface area contributed by atoms with Crippen LogP contribution in [0, 0.1) is 0 Å². The molecule has 0 saturated carbocycles. The van der Waals surface area contributed by atoms with E-state index in [1.807, 2.05) is 30.3 Å². The summed E-state index contributed by atoms with van der Waals surface area (Å²) >= 11 is 0. The Labute approximate surface area is 225 Å². The van der Waals surface area contributed by atoms with Crippen molar-refractivity contribution in [3.63, 3.8) is 0 Å². The van der Waals surface area contributed by atoms with E-state index in [2.05, 4.69) is 114 Å². The van der Waals surface area contributed by atoms with Gasteiger partial charge in [0.1, 0.15) is 22.3 Å². The highest BCUT2D eigenvalue weighted by atomic mass is 16.3. The molecule has 0 saturated heterocycles. The molecule has 0 radical (unpaired) electrons. The van der Waals surface area contributed by atoms with Crippen LogP contribution in [0.15, 0.2) is 148 Å². The Hall–Kier alpha value is -5.28. The predicted molar refractivity (Wildman–Crippen MR) is 161 cm³/mol. The van der Waals surface area contributed by atoms with E-state index in [4.69, 9.17) is 8.83 Å². The molecule has 3 heteroatoms. The second-order valence-electron chi connectivity index (χ2n) is 9.75. The first kappa shape index (κ1) is 21.8. The highest BCUT2D eigenvalue weighted by Gasteiger charge is 2.22. The van der Waals surface area contributed by atoms with Crippen molar-refractivity contribution in [1.29, 1.82) is 0 Å². The molecule has 0 N–H and O–H groups in total. The highest BCUT2D eigenvalue weighted by Crippen LogP contribution is 2.46. The van der Waals surface area contributed by atoms with E-state index in [1.165, 1.54) is 0 Å². The molecule has 2 heterocycles. The van der Waals surface area contributed by atoms with Crippen LogP contribution in [-0.4, -0.2) is 0 Å². The first-order valence-corrected chi connectivity index (χ1v) is 13.1. The van der Waals surface area contributed by atoms with E-state index in [9.17, 15) is 0 Å². The van der Waals surface area contributed by atoms with Gasteiger partial charge in [-0.1, -0.05) is 84.9 Å². The lowest BCUT2D eigenvalue weighted by atomic mass is 9.96. The zero-order valence-electron chi connectivity index (χ0n) is 21.0. The summed E-state index contributed by atoms with van der Waals surface area (Å²) in [5.41, 5.74) is 8.89. The molecule has 39 heavy (non-hydrogen) atoms. The molecule has 0 spiro atoms. The van der Waals surface area contributed by atoms with E-state index in [-0.39, 0.29) is 0 Å². The molecule has 8 aromatic rings. The SMILES string of the molecule is c1ccc(-c2c3oc4ccc(N(c5ccccc5)c5ccccc5)cc4c3cc3oc4ccccc4c23)cc1. The van der Waals surface area contributed by atoms with Gasteiger partial charge in [-0.15, -0.1) is 0 Å². The lowest BCUT2D eigenvalue weighted by molar-refractivity contribution is 0.664. The number of nitrogens with zero attached hydrogens (tertiary/aromatic N) is 1. The Morgan fingerprint density at radius 3 is 1.74 bits per heavy atom. The lowest BCUT2D eigenvalue weighted by Gasteiger charge is -2.25. The highest BCUT2D eigenvalue weighted by molar-refractivity contribution is 6.23. The Morgan fingerprint density at radius 1 is 0.410 bits per heavy atom. The van der Waals surface area contributed by atoms with Gasteiger partial charge in [0.15, 0.2) is 0 Å². The van der Waals surface area contributed by atoms with E-state index < -0.39 is 0 Å². The molecule has 2 aromatic heterocycles. The number of benzene rings is 6. The second kappa shape index (κ2) is 8.64. The van der Waals surface area contributed by atoms with Gasteiger partial charge in [-0.3, -0.25) is 0 Å². The summed E-state index contributed by atoms with van der Waals surface area (Å²) in [7, 11) is 0. The van der Waals surface area contributed by atoms with Crippen LogP contribution in [0.25, 0.3) is 55.0 Å². The summed E-state index contributed by atoms with van der Waals surface area (Å²) in [6, 6.07) is 48.2. The van der Waals surface area contributed by atoms with Crippen molar-refractivity contribution in [2.24, 2.45) is 0 Å². The van der Waals surface area contributed by atoms with Gasteiger partial charge in [-0.25, -0.2) is 0 Å². The van der Waals surface area contributed by atoms with Crippen LogP contribution < -0.4 is 4.90 Å². The van der Waals surface area contributed by atoms with Crippen LogP contribution in [0.4, 0.5) is 17.1 Å². The molecule has 3 nitrogen and oxygen atoms in total. The van der Waals surface area contributed by atoms with E-state index in [1.54, 1.807) is 0 Å². The van der Waals surface area contributed by atoms with Crippen LogP contribution in [-0.2, 0) is 0 Å². The number of furan rings is 2. The largest absolute Gasteiger partial charge is 0.456 e. The third kappa shape index (κ3) is 3.44. The Balaban J connectivity index is 1.44. The van der Waals surface area contributed by atoms with Crippen LogP contribution in [0.3, 0.4) is 0 Å². The molecular formula is C36H23NO2. The molecule has 0 aliphatic rings. The fourth-order valence-electron chi connectivity index (χ4n) is 5.72. The lowest BCUT2D eigenvalue weighted by Crippen LogP contribution is -2.09. The van der Waals surface area contributed by atoms with Crippen molar-refractivity contribution < 1.29 is 8.83 Å². The summed E-state index contributed by atoms with van der Waals surface area (Å²) in [4.78, 5) is 2.27. The van der Waals surface area contributed by atoms with Crippen molar-refractivity contribution in [2.75, 3.05) is 4.90 Å². The number of fused-ring (bicyclic) bond motifs is 6. The number of anilines is 3. The molecule has 0 aliphatic heterocycles. The van der Waals surface area contributed by atoms with Crippen LogP contribution >= 0.6 is 0 Å². The summed E-state index contributed by atoms with van der Waals surface area (Å²) in [5, 5.41) is 4.27. The standard InChI is InChI=1S/C36H23NO2/c1-4-12-24(13-5-1)34-35-28-18-10-11-19-31(28)38-33(35)23-30-29-22-27(20-21-32(29)39-36(30)34)37(25-14-6-2-7-15-25)26-16-8-3-9-17-26/h1-23H. The van der Waals surface area contributed by atoms with E-state index in [0.717, 1.165) is 72.1 Å². The molecule has 0 unspecified atom stereocenters. The van der Waals surface area contributed by atoms with Gasteiger partial charge in [0.05, 0.1) is 0 Å². The second-order valence-corrected chi connectivity index (χ2v) is 9.75. The average Bonchev–Trinajstić information content (AvgIpc) is 3.55. The van der Waals surface area contributed by atoms with E-state index in [0.29, 0.717) is 0 Å². The minimum Gasteiger partial charge on any atom is -0.456 e. The quantitative estimate of drug-likeness (QED) is 0.240. The number of para-hydroxylation sites is 3. The van der Waals surface area contributed by atoms with Crippen LogP contribution in [0.1, 0.15) is 0 Å². The Bertz CT molecular complexity index is 2070. The maximum Gasteiger partial charge on any atom is 0.144 e. The summed E-state index contributed by atoms with van der Waals surface area (Å²) in [5.74, 6) is 0. The third-order valence-electron chi connectivity index (χ3n) is 7.43. The third-order valence-corrected chi connectivity index (χ3v) is 7.43. The minimum atomic E-state index is 0.851. The number of hydrogen-bond acceptors (Lipinski definition) is 3. The number of rotatable bonds is 4. The van der Waals surface area contributed by atoms with Gasteiger partial charge in [-0.2, -0.15) is 0 Å². The first-order valence-electron chi connectivity index (χ1n) is 13.1. The predicted octanol–water partition coefficient (Wildman–Crippen LogP) is 10.6. The fourth-order valence-corrected chi connectivity index (χ4v) is 5.72. The fraction of sp³-hybridized carbons (Fsp3) is 0. The molecule has 0 fully saturated rings. The van der Waals surface area contributed by atoms with Crippen molar-refractivity contribution >= 4 is 60.9 Å². The summed E-state index contributed by atoms with van der Waals surface area (Å²) in [6.07, 6.45) is 0. The topological polar surface area (TPSA) is 29.5 Å². The molecule has 0 aliphatic carbocycles. The van der Waals surface area contributed by atoms with Crippen LogP contribution in [0.5, 0.6) is 0 Å². The van der Waals surface area contributed by atoms with Crippen molar-refractivity contribution in [2.45, 2.75) is 0 Å². The van der Waals surface area contributed by atoms with Gasteiger partial charge in [0.2, 0.25) is 0 Å². The minimum absolute atomic E-state index is 0.851. The molecule has 0 amide bonds. The van der Waals surface area contributed by atoms with Gasteiger partial charge in [0.25, 0.3) is 0 Å². The van der Waals surface area contributed by atoms with Gasteiger partial charge in [0, 0.05) is 44.2 Å². The maximum absolute atomic E-state index is 6.65. The normalized spacial score (nSPS) is 11.6. The Morgan fingerprint density at radius 2 is 1.03 bits per heavy atom. The van der Waals surface area contributed by atoms with Crippen LogP contribution in [0.2, 0.25) is 0 Å². The molecule has 0 bridgehead atoms. The molecule has 6 aromatic carbocycles. The zero-order valence-corrected chi connectivity index (χ0v) is 21.0. The molecule has 8 rings (SSSR count). The van der Waals surface area contributed by atoms with E-state index >= 15 is 0 Å². The summed E-state index contributed by atoms with van der Waals surface area (Å²) < 4.78 is 13.1. The summed E-state index contributed by atoms with van der Waals surface area (Å²) in [6.45, 7) is 0. The van der Waals surface area contributed by atoms with Gasteiger partial charge >= 0.3 is 0 Å². The smallest absolute Gasteiger partial charge is 0.144 e. The zero-order chi connectivity index (χ0) is 25.8. The molecule has 184 valence electrons. The maximum atomic E-state index is 6.65. The van der Waals surface area contributed by atoms with Crippen molar-refractivity contribution in [1.82, 2.24) is 0 Å².